The highest BCUT2D eigenvalue weighted by Crippen LogP contribution is 2.27. The second kappa shape index (κ2) is 8.75. The van der Waals surface area contributed by atoms with Gasteiger partial charge in [-0.25, -0.2) is 0 Å². The molecule has 0 atom stereocenters. The zero-order chi connectivity index (χ0) is 19.1. The highest BCUT2D eigenvalue weighted by molar-refractivity contribution is 5.95. The molecule has 0 unspecified atom stereocenters. The van der Waals surface area contributed by atoms with Crippen molar-refractivity contribution in [1.29, 1.82) is 0 Å². The molecule has 2 rings (SSSR count). The lowest BCUT2D eigenvalue weighted by Gasteiger charge is -2.12. The smallest absolute Gasteiger partial charge is 0.262 e. The van der Waals surface area contributed by atoms with Crippen molar-refractivity contribution < 1.29 is 23.8 Å². The summed E-state index contributed by atoms with van der Waals surface area (Å²) in [5.74, 6) is 1.18. The van der Waals surface area contributed by atoms with Gasteiger partial charge in [0.15, 0.2) is 6.61 Å². The van der Waals surface area contributed by atoms with E-state index in [0.717, 1.165) is 0 Å². The quantitative estimate of drug-likeness (QED) is 0.823. The average Bonchev–Trinajstić information content (AvgIpc) is 2.66. The topological polar surface area (TPSA) is 77.1 Å². The zero-order valence-corrected chi connectivity index (χ0v) is 15.2. The fraction of sp³-hybridized carbons (Fsp3) is 0.263. The molecule has 0 spiro atoms. The molecule has 0 aliphatic rings. The normalized spacial score (nSPS) is 10.0. The van der Waals surface area contributed by atoms with Crippen LogP contribution in [0.5, 0.6) is 17.2 Å². The fourth-order valence-corrected chi connectivity index (χ4v) is 2.16. The maximum atomic E-state index is 12.0. The van der Waals surface area contributed by atoms with E-state index in [1.165, 1.54) is 19.1 Å². The number of hydrogen-bond donors (Lipinski definition) is 1. The number of nitrogens with zero attached hydrogens (tertiary/aromatic N) is 1. The SMILES string of the molecule is COc1cc(OC)cc(OCC(=O)Nc2ccc(C(=O)N(C)C)cc2)c1. The first-order valence-electron chi connectivity index (χ1n) is 7.90. The zero-order valence-electron chi connectivity index (χ0n) is 15.2. The number of methoxy groups -OCH3 is 2. The van der Waals surface area contributed by atoms with Gasteiger partial charge >= 0.3 is 0 Å². The Morgan fingerprint density at radius 2 is 1.46 bits per heavy atom. The fourth-order valence-electron chi connectivity index (χ4n) is 2.16. The predicted octanol–water partition coefficient (Wildman–Crippen LogP) is 2.42. The Hall–Kier alpha value is -3.22. The molecule has 138 valence electrons. The van der Waals surface area contributed by atoms with Crippen LogP contribution in [0.15, 0.2) is 42.5 Å². The van der Waals surface area contributed by atoms with Crippen LogP contribution in [0.3, 0.4) is 0 Å². The van der Waals surface area contributed by atoms with E-state index >= 15 is 0 Å². The van der Waals surface area contributed by atoms with Gasteiger partial charge in [0, 0.05) is 43.5 Å². The van der Waals surface area contributed by atoms with Gasteiger partial charge in [0.25, 0.3) is 11.8 Å². The van der Waals surface area contributed by atoms with E-state index in [2.05, 4.69) is 5.32 Å². The number of hydrogen-bond acceptors (Lipinski definition) is 5. The Kier molecular flexibility index (Phi) is 6.43. The van der Waals surface area contributed by atoms with Crippen LogP contribution in [-0.2, 0) is 4.79 Å². The van der Waals surface area contributed by atoms with Gasteiger partial charge in [-0.1, -0.05) is 0 Å². The van der Waals surface area contributed by atoms with Crippen molar-refractivity contribution >= 4 is 17.5 Å². The molecule has 2 amide bonds. The van der Waals surface area contributed by atoms with Gasteiger partial charge in [0.1, 0.15) is 17.2 Å². The third-order valence-electron chi connectivity index (χ3n) is 3.52. The lowest BCUT2D eigenvalue weighted by Crippen LogP contribution is -2.22. The number of carbonyl (C=O) groups excluding carboxylic acids is 2. The van der Waals surface area contributed by atoms with Crippen LogP contribution >= 0.6 is 0 Å². The maximum Gasteiger partial charge on any atom is 0.262 e. The van der Waals surface area contributed by atoms with E-state index in [9.17, 15) is 9.59 Å². The first-order valence-corrected chi connectivity index (χ1v) is 7.90. The largest absolute Gasteiger partial charge is 0.496 e. The molecule has 0 aromatic heterocycles. The molecule has 0 radical (unpaired) electrons. The molecule has 0 aliphatic carbocycles. The highest BCUT2D eigenvalue weighted by atomic mass is 16.5. The van der Waals surface area contributed by atoms with Gasteiger partial charge in [-0.15, -0.1) is 0 Å². The summed E-state index contributed by atoms with van der Waals surface area (Å²) in [4.78, 5) is 25.4. The molecular weight excluding hydrogens is 336 g/mol. The predicted molar refractivity (Wildman–Crippen MR) is 98.1 cm³/mol. The highest BCUT2D eigenvalue weighted by Gasteiger charge is 2.09. The van der Waals surface area contributed by atoms with E-state index in [1.54, 1.807) is 56.6 Å². The number of benzene rings is 2. The Bertz CT molecular complexity index is 750. The number of nitrogens with one attached hydrogen (secondary N) is 1. The van der Waals surface area contributed by atoms with Crippen LogP contribution < -0.4 is 19.5 Å². The summed E-state index contributed by atoms with van der Waals surface area (Å²) in [6, 6.07) is 11.7. The molecule has 1 N–H and O–H groups in total. The van der Waals surface area contributed by atoms with E-state index in [-0.39, 0.29) is 18.4 Å². The minimum Gasteiger partial charge on any atom is -0.496 e. The van der Waals surface area contributed by atoms with Crippen LogP contribution in [0.25, 0.3) is 0 Å². The van der Waals surface area contributed by atoms with Crippen molar-refractivity contribution in [3.05, 3.63) is 48.0 Å². The maximum absolute atomic E-state index is 12.0. The summed E-state index contributed by atoms with van der Waals surface area (Å²) < 4.78 is 15.8. The van der Waals surface area contributed by atoms with Crippen LogP contribution in [0.2, 0.25) is 0 Å². The minimum atomic E-state index is -0.321. The van der Waals surface area contributed by atoms with Gasteiger partial charge in [-0.3, -0.25) is 9.59 Å². The third-order valence-corrected chi connectivity index (χ3v) is 3.52. The minimum absolute atomic E-state index is 0.0989. The molecule has 0 bridgehead atoms. The van der Waals surface area contributed by atoms with E-state index in [4.69, 9.17) is 14.2 Å². The van der Waals surface area contributed by atoms with Gasteiger partial charge in [0.2, 0.25) is 0 Å². The summed E-state index contributed by atoms with van der Waals surface area (Å²) in [5, 5.41) is 2.71. The average molecular weight is 358 g/mol. The number of anilines is 1. The summed E-state index contributed by atoms with van der Waals surface area (Å²) in [6.07, 6.45) is 0. The monoisotopic (exact) mass is 358 g/mol. The van der Waals surface area contributed by atoms with Crippen LogP contribution in [-0.4, -0.2) is 51.6 Å². The molecular formula is C19H22N2O5. The first kappa shape index (κ1) is 19.1. The molecule has 26 heavy (non-hydrogen) atoms. The van der Waals surface area contributed by atoms with E-state index in [0.29, 0.717) is 28.5 Å². The molecule has 0 fully saturated rings. The second-order valence-electron chi connectivity index (χ2n) is 5.66. The lowest BCUT2D eigenvalue weighted by atomic mass is 10.2. The van der Waals surface area contributed by atoms with Crippen molar-refractivity contribution in [3.63, 3.8) is 0 Å². The Balaban J connectivity index is 1.94. The summed E-state index contributed by atoms with van der Waals surface area (Å²) >= 11 is 0. The number of amides is 2. The molecule has 2 aromatic carbocycles. The van der Waals surface area contributed by atoms with Crippen molar-refractivity contribution in [1.82, 2.24) is 4.90 Å². The third kappa shape index (κ3) is 5.14. The van der Waals surface area contributed by atoms with Crippen LogP contribution in [0.4, 0.5) is 5.69 Å². The molecule has 0 heterocycles. The first-order chi connectivity index (χ1) is 12.4. The Labute approximate surface area is 152 Å². The molecule has 7 nitrogen and oxygen atoms in total. The van der Waals surface area contributed by atoms with Crippen LogP contribution in [0, 0.1) is 0 Å². The van der Waals surface area contributed by atoms with E-state index in [1.807, 2.05) is 0 Å². The van der Waals surface area contributed by atoms with Gasteiger partial charge in [-0.2, -0.15) is 0 Å². The Morgan fingerprint density at radius 3 is 1.96 bits per heavy atom. The van der Waals surface area contributed by atoms with Crippen LogP contribution in [0.1, 0.15) is 10.4 Å². The molecule has 2 aromatic rings. The standard InChI is InChI=1S/C19H22N2O5/c1-21(2)19(23)13-5-7-14(8-6-13)20-18(22)12-26-17-10-15(24-3)9-16(11-17)25-4/h5-11H,12H2,1-4H3,(H,20,22). The molecule has 0 aliphatic heterocycles. The van der Waals surface area contributed by atoms with Crippen molar-refractivity contribution in [2.45, 2.75) is 0 Å². The second-order valence-corrected chi connectivity index (χ2v) is 5.66. The van der Waals surface area contributed by atoms with Gasteiger partial charge in [-0.05, 0) is 24.3 Å². The molecule has 0 saturated heterocycles. The summed E-state index contributed by atoms with van der Waals surface area (Å²) in [6.45, 7) is -0.172. The molecule has 7 heteroatoms. The van der Waals surface area contributed by atoms with Gasteiger partial charge in [0.05, 0.1) is 14.2 Å². The van der Waals surface area contributed by atoms with Crippen molar-refractivity contribution in [2.24, 2.45) is 0 Å². The number of carbonyl (C=O) groups is 2. The number of ether oxygens (including phenoxy) is 3. The number of rotatable bonds is 7. The summed E-state index contributed by atoms with van der Waals surface area (Å²) in [7, 11) is 6.44. The van der Waals surface area contributed by atoms with Crippen molar-refractivity contribution in [2.75, 3.05) is 40.2 Å². The molecule has 0 saturated carbocycles. The lowest BCUT2D eigenvalue weighted by molar-refractivity contribution is -0.118. The van der Waals surface area contributed by atoms with Crippen molar-refractivity contribution in [3.8, 4) is 17.2 Å². The van der Waals surface area contributed by atoms with Gasteiger partial charge < -0.3 is 24.4 Å². The Morgan fingerprint density at radius 1 is 0.923 bits per heavy atom. The summed E-state index contributed by atoms with van der Waals surface area (Å²) in [5.41, 5.74) is 1.13. The van der Waals surface area contributed by atoms with E-state index < -0.39 is 0 Å².